The van der Waals surface area contributed by atoms with Crippen LogP contribution in [-0.2, 0) is 14.3 Å². The predicted molar refractivity (Wildman–Crippen MR) is 152 cm³/mol. The van der Waals surface area contributed by atoms with Crippen molar-refractivity contribution in [2.75, 3.05) is 19.7 Å². The first-order valence-electron chi connectivity index (χ1n) is 14.2. The van der Waals surface area contributed by atoms with Crippen LogP contribution in [0.15, 0.2) is 18.2 Å². The number of carbonyl (C=O) groups excluding carboxylic acids is 3. The molecule has 0 aliphatic carbocycles. The first-order chi connectivity index (χ1) is 17.9. The van der Waals surface area contributed by atoms with E-state index in [1.54, 1.807) is 20.8 Å². The van der Waals surface area contributed by atoms with Crippen molar-refractivity contribution in [2.45, 2.75) is 118 Å². The third-order valence-corrected chi connectivity index (χ3v) is 6.16. The minimum Gasteiger partial charge on any atom is -0.444 e. The van der Waals surface area contributed by atoms with Gasteiger partial charge in [-0.3, -0.25) is 9.59 Å². The van der Waals surface area contributed by atoms with Gasteiger partial charge in [0.15, 0.2) is 0 Å². The molecule has 38 heavy (non-hydrogen) atoms. The van der Waals surface area contributed by atoms with Crippen molar-refractivity contribution in [1.29, 1.82) is 0 Å². The first kappa shape index (κ1) is 33.4. The highest BCUT2D eigenvalue weighted by Crippen LogP contribution is 2.26. The number of nitrogens with one attached hydrogen (secondary N) is 2. The summed E-state index contributed by atoms with van der Waals surface area (Å²) in [7, 11) is 0. The largest absolute Gasteiger partial charge is 0.444 e. The minimum absolute atomic E-state index is 0.262. The molecule has 1 aromatic carbocycles. The molecule has 0 saturated carbocycles. The van der Waals surface area contributed by atoms with E-state index < -0.39 is 36.3 Å². The van der Waals surface area contributed by atoms with Crippen LogP contribution in [-0.4, -0.2) is 59.3 Å². The number of ether oxygens (including phenoxy) is 1. The van der Waals surface area contributed by atoms with Crippen molar-refractivity contribution in [2.24, 2.45) is 0 Å². The van der Waals surface area contributed by atoms with Crippen molar-refractivity contribution >= 4 is 17.9 Å². The Morgan fingerprint density at radius 3 is 2.05 bits per heavy atom. The zero-order valence-corrected chi connectivity index (χ0v) is 24.7. The molecule has 0 aliphatic heterocycles. The SMILES string of the molecule is CCCCCCCN(C(=O)C(CO)NC(=O)OC(C)(C)C)C(C(=O)NCCCCC)c1cc(C)cc(C)c1. The molecule has 8 heteroatoms. The number of nitrogens with zero attached hydrogens (tertiary/aromatic N) is 1. The molecule has 0 fully saturated rings. The van der Waals surface area contributed by atoms with Crippen molar-refractivity contribution in [3.8, 4) is 0 Å². The third-order valence-electron chi connectivity index (χ3n) is 6.16. The first-order valence-corrected chi connectivity index (χ1v) is 14.2. The van der Waals surface area contributed by atoms with Crippen LogP contribution in [0.5, 0.6) is 0 Å². The maximum Gasteiger partial charge on any atom is 0.408 e. The van der Waals surface area contributed by atoms with Crippen LogP contribution < -0.4 is 10.6 Å². The topological polar surface area (TPSA) is 108 Å². The highest BCUT2D eigenvalue weighted by molar-refractivity contribution is 5.92. The minimum atomic E-state index is -1.23. The Hall–Kier alpha value is -2.61. The van der Waals surface area contributed by atoms with Gasteiger partial charge in [0.2, 0.25) is 11.8 Å². The molecule has 3 amide bonds. The number of rotatable bonds is 16. The van der Waals surface area contributed by atoms with E-state index in [1.165, 1.54) is 4.90 Å². The van der Waals surface area contributed by atoms with Gasteiger partial charge < -0.3 is 25.4 Å². The second-order valence-corrected chi connectivity index (χ2v) is 11.1. The van der Waals surface area contributed by atoms with E-state index >= 15 is 0 Å². The summed E-state index contributed by atoms with van der Waals surface area (Å²) in [6, 6.07) is 3.76. The summed E-state index contributed by atoms with van der Waals surface area (Å²) in [4.78, 5) is 41.5. The van der Waals surface area contributed by atoms with Gasteiger partial charge in [-0.15, -0.1) is 0 Å². The summed E-state index contributed by atoms with van der Waals surface area (Å²) in [6.07, 6.45) is 6.96. The molecule has 216 valence electrons. The Morgan fingerprint density at radius 2 is 1.50 bits per heavy atom. The number of aliphatic hydroxyl groups is 1. The van der Waals surface area contributed by atoms with E-state index in [1.807, 2.05) is 32.0 Å². The fourth-order valence-corrected chi connectivity index (χ4v) is 4.41. The second-order valence-electron chi connectivity index (χ2n) is 11.1. The molecule has 0 spiro atoms. The molecule has 2 atom stereocenters. The predicted octanol–water partition coefficient (Wildman–Crippen LogP) is 5.34. The van der Waals surface area contributed by atoms with E-state index in [0.29, 0.717) is 25.1 Å². The zero-order chi connectivity index (χ0) is 28.7. The Morgan fingerprint density at radius 1 is 0.921 bits per heavy atom. The van der Waals surface area contributed by atoms with E-state index in [-0.39, 0.29) is 5.91 Å². The van der Waals surface area contributed by atoms with Gasteiger partial charge in [0.1, 0.15) is 17.7 Å². The molecular weight excluding hydrogens is 482 g/mol. The normalized spacial score (nSPS) is 12.9. The van der Waals surface area contributed by atoms with E-state index in [2.05, 4.69) is 24.5 Å². The molecule has 0 heterocycles. The van der Waals surface area contributed by atoms with Gasteiger partial charge in [-0.2, -0.15) is 0 Å². The summed E-state index contributed by atoms with van der Waals surface area (Å²) in [5.41, 5.74) is 1.94. The van der Waals surface area contributed by atoms with Crippen LogP contribution >= 0.6 is 0 Å². The summed E-state index contributed by atoms with van der Waals surface area (Å²) in [6.45, 7) is 13.6. The van der Waals surface area contributed by atoms with E-state index in [4.69, 9.17) is 4.74 Å². The molecule has 0 bridgehead atoms. The van der Waals surface area contributed by atoms with Gasteiger partial charge in [0.05, 0.1) is 6.61 Å². The van der Waals surface area contributed by atoms with Crippen LogP contribution in [0.1, 0.15) is 109 Å². The highest BCUT2D eigenvalue weighted by Gasteiger charge is 2.36. The maximum absolute atomic E-state index is 13.9. The molecule has 0 saturated heterocycles. The van der Waals surface area contributed by atoms with Gasteiger partial charge in [0.25, 0.3) is 0 Å². The van der Waals surface area contributed by atoms with Crippen LogP contribution in [0.25, 0.3) is 0 Å². The molecule has 1 rings (SSSR count). The molecular formula is C30H51N3O5. The van der Waals surface area contributed by atoms with Gasteiger partial charge in [0, 0.05) is 13.1 Å². The zero-order valence-electron chi connectivity index (χ0n) is 24.7. The van der Waals surface area contributed by atoms with Gasteiger partial charge >= 0.3 is 6.09 Å². The quantitative estimate of drug-likeness (QED) is 0.249. The van der Waals surface area contributed by atoms with Crippen LogP contribution in [0, 0.1) is 13.8 Å². The van der Waals surface area contributed by atoms with E-state index in [9.17, 15) is 19.5 Å². The van der Waals surface area contributed by atoms with Crippen molar-refractivity contribution in [3.05, 3.63) is 34.9 Å². The van der Waals surface area contributed by atoms with Crippen LogP contribution in [0.3, 0.4) is 0 Å². The Bertz CT molecular complexity index is 861. The Kier molecular flexibility index (Phi) is 15.0. The monoisotopic (exact) mass is 533 g/mol. The van der Waals surface area contributed by atoms with Crippen LogP contribution in [0.4, 0.5) is 4.79 Å². The van der Waals surface area contributed by atoms with Crippen molar-refractivity contribution in [1.82, 2.24) is 15.5 Å². The lowest BCUT2D eigenvalue weighted by Gasteiger charge is -2.34. The lowest BCUT2D eigenvalue weighted by molar-refractivity contribution is -0.143. The third kappa shape index (κ3) is 12.3. The summed E-state index contributed by atoms with van der Waals surface area (Å²) in [5.74, 6) is -0.774. The van der Waals surface area contributed by atoms with Crippen molar-refractivity contribution < 1.29 is 24.2 Å². The van der Waals surface area contributed by atoms with Gasteiger partial charge in [-0.1, -0.05) is 81.7 Å². The average molecular weight is 534 g/mol. The molecule has 0 radical (unpaired) electrons. The number of aryl methyl sites for hydroxylation is 2. The summed E-state index contributed by atoms with van der Waals surface area (Å²) < 4.78 is 5.31. The smallest absolute Gasteiger partial charge is 0.408 e. The second kappa shape index (κ2) is 17.1. The Labute approximate surface area is 229 Å². The number of unbranched alkanes of at least 4 members (excludes halogenated alkanes) is 6. The number of hydrogen-bond donors (Lipinski definition) is 3. The average Bonchev–Trinajstić information content (AvgIpc) is 2.82. The number of alkyl carbamates (subject to hydrolysis) is 1. The van der Waals surface area contributed by atoms with Crippen molar-refractivity contribution in [3.63, 3.8) is 0 Å². The summed E-state index contributed by atoms with van der Waals surface area (Å²) in [5, 5.41) is 15.6. The molecule has 3 N–H and O–H groups in total. The van der Waals surface area contributed by atoms with Gasteiger partial charge in [-0.25, -0.2) is 4.79 Å². The fourth-order valence-electron chi connectivity index (χ4n) is 4.41. The number of carbonyl (C=O) groups is 3. The molecule has 2 unspecified atom stereocenters. The molecule has 1 aromatic rings. The lowest BCUT2D eigenvalue weighted by Crippen LogP contribution is -2.54. The van der Waals surface area contributed by atoms with E-state index in [0.717, 1.165) is 56.1 Å². The Balaban J connectivity index is 3.38. The molecule has 0 aliphatic rings. The highest BCUT2D eigenvalue weighted by atomic mass is 16.6. The number of hydrogen-bond acceptors (Lipinski definition) is 5. The molecule has 0 aromatic heterocycles. The summed E-state index contributed by atoms with van der Waals surface area (Å²) >= 11 is 0. The van der Waals surface area contributed by atoms with Gasteiger partial charge in [-0.05, 0) is 53.0 Å². The number of amides is 3. The standard InChI is InChI=1S/C30H51N3O5/c1-8-10-12-13-15-17-33(28(36)25(21-34)32-29(37)38-30(5,6)7)26(27(35)31-16-14-11-9-2)24-19-22(3)18-23(4)20-24/h18-20,25-26,34H,8-17,21H2,1-7H3,(H,31,35)(H,32,37). The number of benzene rings is 1. The maximum atomic E-state index is 13.9. The fraction of sp³-hybridized carbons (Fsp3) is 0.700. The molecule has 8 nitrogen and oxygen atoms in total. The van der Waals surface area contributed by atoms with Crippen LogP contribution in [0.2, 0.25) is 0 Å². The number of aliphatic hydroxyl groups excluding tert-OH is 1. The lowest BCUT2D eigenvalue weighted by atomic mass is 9.98.